The van der Waals surface area contributed by atoms with Gasteiger partial charge in [0.25, 0.3) is 5.91 Å². The average molecular weight is 442 g/mol. The van der Waals surface area contributed by atoms with Gasteiger partial charge < -0.3 is 19.8 Å². The molecule has 1 aliphatic heterocycles. The predicted molar refractivity (Wildman–Crippen MR) is 110 cm³/mol. The highest BCUT2D eigenvalue weighted by Crippen LogP contribution is 2.31. The van der Waals surface area contributed by atoms with Gasteiger partial charge in [-0.25, -0.2) is 8.42 Å². The van der Waals surface area contributed by atoms with E-state index in [2.05, 4.69) is 15.5 Å². The van der Waals surface area contributed by atoms with E-state index < -0.39 is 9.84 Å². The Morgan fingerprint density at radius 1 is 1.28 bits per heavy atom. The maximum atomic E-state index is 12.6. The highest BCUT2D eigenvalue weighted by atomic mass is 35.5. The summed E-state index contributed by atoms with van der Waals surface area (Å²) >= 11 is 6.29. The quantitative estimate of drug-likeness (QED) is 0.646. The van der Waals surface area contributed by atoms with Gasteiger partial charge in [-0.15, -0.1) is 0 Å². The Kier molecular flexibility index (Phi) is 7.18. The number of rotatable bonds is 8. The lowest BCUT2D eigenvalue weighted by Gasteiger charge is -2.26. The topological polar surface area (TPSA) is 101 Å². The summed E-state index contributed by atoms with van der Waals surface area (Å²) in [5, 5.41) is 5.92. The number of carbonyl (C=O) groups excluding carboxylic acids is 1. The molecule has 0 atom stereocenters. The van der Waals surface area contributed by atoms with E-state index in [1.165, 1.54) is 6.07 Å². The highest BCUT2D eigenvalue weighted by Gasteiger charge is 2.20. The van der Waals surface area contributed by atoms with Crippen LogP contribution in [0.2, 0.25) is 5.02 Å². The zero-order chi connectivity index (χ0) is 20.9. The molecule has 8 nitrogen and oxygen atoms in total. The Morgan fingerprint density at radius 2 is 2.03 bits per heavy atom. The molecule has 1 aromatic heterocycles. The van der Waals surface area contributed by atoms with Crippen molar-refractivity contribution < 1.29 is 22.4 Å². The second kappa shape index (κ2) is 9.62. The van der Waals surface area contributed by atoms with Crippen LogP contribution in [0, 0.1) is 0 Å². The van der Waals surface area contributed by atoms with Crippen molar-refractivity contribution in [2.24, 2.45) is 0 Å². The van der Waals surface area contributed by atoms with Crippen LogP contribution < -0.4 is 10.6 Å². The normalized spacial score (nSPS) is 15.2. The number of nitrogens with one attached hydrogen (secondary N) is 2. The maximum absolute atomic E-state index is 12.6. The zero-order valence-corrected chi connectivity index (χ0v) is 17.7. The van der Waals surface area contributed by atoms with Crippen LogP contribution in [-0.2, 0) is 21.1 Å². The minimum Gasteiger partial charge on any atom is -0.467 e. The van der Waals surface area contributed by atoms with Gasteiger partial charge in [0.2, 0.25) is 0 Å². The van der Waals surface area contributed by atoms with Crippen LogP contribution in [0.4, 0.5) is 5.69 Å². The number of halogens is 1. The van der Waals surface area contributed by atoms with Crippen molar-refractivity contribution in [3.8, 4) is 0 Å². The monoisotopic (exact) mass is 441 g/mol. The smallest absolute Gasteiger partial charge is 0.251 e. The first-order valence-corrected chi connectivity index (χ1v) is 11.5. The Hall–Kier alpha value is -2.07. The molecular weight excluding hydrogens is 418 g/mol. The second-order valence-corrected chi connectivity index (χ2v) is 9.11. The van der Waals surface area contributed by atoms with E-state index in [1.54, 1.807) is 24.5 Å². The van der Waals surface area contributed by atoms with Crippen LogP contribution >= 0.6 is 11.6 Å². The van der Waals surface area contributed by atoms with Crippen molar-refractivity contribution in [1.82, 2.24) is 10.2 Å². The summed E-state index contributed by atoms with van der Waals surface area (Å²) in [6.07, 6.45) is 2.60. The Balaban J connectivity index is 1.73. The van der Waals surface area contributed by atoms with Gasteiger partial charge in [0.1, 0.15) is 5.76 Å². The largest absolute Gasteiger partial charge is 0.467 e. The van der Waals surface area contributed by atoms with Crippen LogP contribution in [0.25, 0.3) is 0 Å². The maximum Gasteiger partial charge on any atom is 0.251 e. The van der Waals surface area contributed by atoms with E-state index in [0.717, 1.165) is 19.3 Å². The van der Waals surface area contributed by atoms with Crippen LogP contribution in [0.3, 0.4) is 0 Å². The van der Waals surface area contributed by atoms with Gasteiger partial charge in [-0.2, -0.15) is 0 Å². The minimum absolute atomic E-state index is 0.0453. The first kappa shape index (κ1) is 21.6. The summed E-state index contributed by atoms with van der Waals surface area (Å²) in [6, 6.07) is 6.38. The fraction of sp³-hybridized carbons (Fsp3) is 0.421. The number of amides is 1. The van der Waals surface area contributed by atoms with Crippen LogP contribution in [0.1, 0.15) is 16.1 Å². The Bertz CT molecular complexity index is 941. The fourth-order valence-corrected chi connectivity index (χ4v) is 4.35. The molecule has 1 saturated heterocycles. The standard InChI is InChI=1S/C19H24ClN3O5S/c1-29(25,26)17-12-14(19(24)21-4-5-23-6-9-27-10-7-23)11-16(18(17)20)22-13-15-3-2-8-28-15/h2-3,8,11-12,22H,4-7,9-10,13H2,1H3,(H,21,24). The van der Waals surface area contributed by atoms with Gasteiger partial charge in [0.05, 0.1) is 41.6 Å². The number of nitrogens with zero attached hydrogens (tertiary/aromatic N) is 1. The summed E-state index contributed by atoms with van der Waals surface area (Å²) in [5.41, 5.74) is 0.572. The lowest BCUT2D eigenvalue weighted by molar-refractivity contribution is 0.0383. The van der Waals surface area contributed by atoms with Gasteiger partial charge in [0.15, 0.2) is 9.84 Å². The molecule has 1 fully saturated rings. The van der Waals surface area contributed by atoms with Crippen LogP contribution in [-0.4, -0.2) is 64.9 Å². The molecule has 2 heterocycles. The number of carbonyl (C=O) groups is 1. The Labute approximate surface area is 175 Å². The number of hydrogen-bond donors (Lipinski definition) is 2. The summed E-state index contributed by atoms with van der Waals surface area (Å²) in [5.74, 6) is 0.295. The van der Waals surface area contributed by atoms with E-state index in [-0.39, 0.29) is 21.4 Å². The molecule has 10 heteroatoms. The van der Waals surface area contributed by atoms with E-state index in [4.69, 9.17) is 20.8 Å². The molecule has 1 aliphatic rings. The molecule has 2 N–H and O–H groups in total. The first-order valence-electron chi connectivity index (χ1n) is 9.23. The third-order valence-electron chi connectivity index (χ3n) is 4.55. The van der Waals surface area contributed by atoms with E-state index in [1.807, 2.05) is 0 Å². The van der Waals surface area contributed by atoms with Gasteiger partial charge >= 0.3 is 0 Å². The van der Waals surface area contributed by atoms with E-state index in [0.29, 0.717) is 44.3 Å². The summed E-state index contributed by atoms with van der Waals surface area (Å²) < 4.78 is 34.9. The Morgan fingerprint density at radius 3 is 2.69 bits per heavy atom. The molecule has 0 saturated carbocycles. The van der Waals surface area contributed by atoms with Gasteiger partial charge in [0, 0.05) is 38.0 Å². The van der Waals surface area contributed by atoms with Crippen molar-refractivity contribution >= 4 is 33.0 Å². The third-order valence-corrected chi connectivity index (χ3v) is 6.19. The molecule has 2 aromatic rings. The van der Waals surface area contributed by atoms with Crippen molar-refractivity contribution in [2.75, 3.05) is 51.0 Å². The highest BCUT2D eigenvalue weighted by molar-refractivity contribution is 7.90. The van der Waals surface area contributed by atoms with Crippen molar-refractivity contribution in [3.63, 3.8) is 0 Å². The molecule has 0 bridgehead atoms. The summed E-state index contributed by atoms with van der Waals surface area (Å²) in [6.45, 7) is 4.49. The van der Waals surface area contributed by atoms with Crippen molar-refractivity contribution in [3.05, 3.63) is 46.9 Å². The lowest BCUT2D eigenvalue weighted by atomic mass is 10.1. The van der Waals surface area contributed by atoms with Crippen molar-refractivity contribution in [2.45, 2.75) is 11.4 Å². The summed E-state index contributed by atoms with van der Waals surface area (Å²) in [4.78, 5) is 14.7. The van der Waals surface area contributed by atoms with Gasteiger partial charge in [-0.1, -0.05) is 11.6 Å². The number of hydrogen-bond acceptors (Lipinski definition) is 7. The van der Waals surface area contributed by atoms with Crippen LogP contribution in [0.15, 0.2) is 39.8 Å². The molecule has 1 amide bonds. The molecular formula is C19H24ClN3O5S. The SMILES string of the molecule is CS(=O)(=O)c1cc(C(=O)NCCN2CCOCC2)cc(NCc2ccco2)c1Cl. The number of morpholine rings is 1. The molecule has 158 valence electrons. The van der Waals surface area contributed by atoms with Crippen LogP contribution in [0.5, 0.6) is 0 Å². The zero-order valence-electron chi connectivity index (χ0n) is 16.1. The van der Waals surface area contributed by atoms with E-state index in [9.17, 15) is 13.2 Å². The molecule has 1 aromatic carbocycles. The molecule has 3 rings (SSSR count). The van der Waals surface area contributed by atoms with Crippen molar-refractivity contribution in [1.29, 1.82) is 0 Å². The third kappa shape index (κ3) is 5.96. The fourth-order valence-electron chi connectivity index (χ4n) is 2.98. The molecule has 0 unspecified atom stereocenters. The van der Waals surface area contributed by atoms with Gasteiger partial charge in [-0.05, 0) is 24.3 Å². The molecule has 29 heavy (non-hydrogen) atoms. The molecule has 0 aliphatic carbocycles. The summed E-state index contributed by atoms with van der Waals surface area (Å²) in [7, 11) is -3.62. The molecule has 0 radical (unpaired) electrons. The molecule has 0 spiro atoms. The first-order chi connectivity index (χ1) is 13.8. The number of furan rings is 1. The predicted octanol–water partition coefficient (Wildman–Crippen LogP) is 2.01. The number of benzene rings is 1. The van der Waals surface area contributed by atoms with Gasteiger partial charge in [-0.3, -0.25) is 9.69 Å². The average Bonchev–Trinajstić information content (AvgIpc) is 3.20. The van der Waals surface area contributed by atoms with E-state index >= 15 is 0 Å². The number of ether oxygens (including phenoxy) is 1. The lowest BCUT2D eigenvalue weighted by Crippen LogP contribution is -2.41. The number of anilines is 1. The minimum atomic E-state index is -3.62. The number of sulfone groups is 1. The second-order valence-electron chi connectivity index (χ2n) is 6.75.